The van der Waals surface area contributed by atoms with E-state index in [2.05, 4.69) is 10.1 Å². The lowest BCUT2D eigenvalue weighted by molar-refractivity contribution is -0.142. The number of halogens is 3. The molecule has 3 rings (SSSR count). The summed E-state index contributed by atoms with van der Waals surface area (Å²) in [5.41, 5.74) is 6.13. The number of nitrogens with one attached hydrogen (secondary N) is 1. The molecule has 6 nitrogen and oxygen atoms in total. The molecule has 30 heavy (non-hydrogen) atoms. The lowest BCUT2D eigenvalue weighted by atomic mass is 10.0. The van der Waals surface area contributed by atoms with E-state index in [9.17, 15) is 18.0 Å². The Morgan fingerprint density at radius 1 is 1.23 bits per heavy atom. The molecule has 1 heterocycles. The fourth-order valence-corrected chi connectivity index (χ4v) is 3.17. The highest BCUT2D eigenvalue weighted by molar-refractivity contribution is 5.75. The molecule has 1 aliphatic rings. The highest BCUT2D eigenvalue weighted by Crippen LogP contribution is 2.39. The molecular formula is C21H23F3N2O4. The van der Waals surface area contributed by atoms with Crippen molar-refractivity contribution in [3.05, 3.63) is 59.2 Å². The van der Waals surface area contributed by atoms with Crippen LogP contribution in [0.3, 0.4) is 0 Å². The van der Waals surface area contributed by atoms with E-state index in [1.54, 1.807) is 18.2 Å². The molecule has 3 N–H and O–H groups in total. The van der Waals surface area contributed by atoms with Crippen molar-refractivity contribution in [2.24, 2.45) is 5.73 Å². The maximum atomic E-state index is 13.6. The molecule has 2 atom stereocenters. The number of nitrogens with two attached hydrogens (primary N) is 1. The third-order valence-electron chi connectivity index (χ3n) is 4.72. The Balaban J connectivity index is 1.74. The van der Waals surface area contributed by atoms with Crippen molar-refractivity contribution in [2.75, 3.05) is 20.4 Å². The van der Waals surface area contributed by atoms with Crippen LogP contribution in [0.15, 0.2) is 42.5 Å². The molecule has 0 aliphatic carbocycles. The number of benzene rings is 2. The first-order chi connectivity index (χ1) is 14.3. The highest BCUT2D eigenvalue weighted by Gasteiger charge is 2.35. The zero-order valence-electron chi connectivity index (χ0n) is 16.4. The first-order valence-electron chi connectivity index (χ1n) is 9.39. The van der Waals surface area contributed by atoms with Gasteiger partial charge in [-0.1, -0.05) is 18.2 Å². The second-order valence-corrected chi connectivity index (χ2v) is 7.00. The Bertz CT molecular complexity index is 866. The number of rotatable bonds is 7. The van der Waals surface area contributed by atoms with Crippen LogP contribution in [0.4, 0.5) is 13.2 Å². The predicted molar refractivity (Wildman–Crippen MR) is 103 cm³/mol. The molecule has 0 amide bonds. The van der Waals surface area contributed by atoms with Gasteiger partial charge in [0.25, 0.3) is 0 Å². The van der Waals surface area contributed by atoms with Crippen LogP contribution in [-0.4, -0.2) is 38.5 Å². The highest BCUT2D eigenvalue weighted by atomic mass is 19.4. The van der Waals surface area contributed by atoms with E-state index in [0.717, 1.165) is 11.6 Å². The molecule has 0 aromatic heterocycles. The molecule has 0 saturated carbocycles. The number of carbonyl (C=O) groups is 1. The van der Waals surface area contributed by atoms with E-state index in [-0.39, 0.29) is 24.0 Å². The van der Waals surface area contributed by atoms with Gasteiger partial charge in [0.2, 0.25) is 0 Å². The van der Waals surface area contributed by atoms with Crippen molar-refractivity contribution in [3.63, 3.8) is 0 Å². The summed E-state index contributed by atoms with van der Waals surface area (Å²) in [4.78, 5) is 11.4. The summed E-state index contributed by atoms with van der Waals surface area (Å²) >= 11 is 0. The minimum Gasteiger partial charge on any atom is -0.468 e. The molecule has 0 radical (unpaired) electrons. The van der Waals surface area contributed by atoms with Crippen LogP contribution in [-0.2, 0) is 33.3 Å². The second kappa shape index (κ2) is 9.46. The second-order valence-electron chi connectivity index (χ2n) is 7.00. The normalized spacial score (nSPS) is 17.6. The van der Waals surface area contributed by atoms with Gasteiger partial charge in [0, 0.05) is 6.54 Å². The van der Waals surface area contributed by atoms with Gasteiger partial charge >= 0.3 is 12.1 Å². The Labute approximate surface area is 172 Å². The maximum Gasteiger partial charge on any atom is 0.419 e. The SMILES string of the molecule is COC(=O)C(N)Cc1ccc(Oc2ccc(CC3CNCO3)cc2C(F)(F)F)cc1. The van der Waals surface area contributed by atoms with Crippen LogP contribution in [0.1, 0.15) is 16.7 Å². The minimum absolute atomic E-state index is 0.151. The van der Waals surface area contributed by atoms with Crippen LogP contribution in [0.5, 0.6) is 11.5 Å². The van der Waals surface area contributed by atoms with Crippen LogP contribution in [0, 0.1) is 0 Å². The summed E-state index contributed by atoms with van der Waals surface area (Å²) < 4.78 is 56.2. The molecule has 2 unspecified atom stereocenters. The first kappa shape index (κ1) is 22.1. The largest absolute Gasteiger partial charge is 0.468 e. The summed E-state index contributed by atoms with van der Waals surface area (Å²) in [6, 6.07) is 9.56. The number of hydrogen-bond acceptors (Lipinski definition) is 6. The van der Waals surface area contributed by atoms with Crippen molar-refractivity contribution >= 4 is 5.97 Å². The lowest BCUT2D eigenvalue weighted by Gasteiger charge is -2.16. The van der Waals surface area contributed by atoms with Crippen molar-refractivity contribution in [1.82, 2.24) is 5.32 Å². The molecule has 0 spiro atoms. The van der Waals surface area contributed by atoms with Gasteiger partial charge in [-0.05, 0) is 48.2 Å². The van der Waals surface area contributed by atoms with Crippen LogP contribution < -0.4 is 15.8 Å². The third-order valence-corrected chi connectivity index (χ3v) is 4.72. The van der Waals surface area contributed by atoms with Gasteiger partial charge in [-0.3, -0.25) is 10.1 Å². The van der Waals surface area contributed by atoms with E-state index >= 15 is 0 Å². The van der Waals surface area contributed by atoms with Gasteiger partial charge in [0.15, 0.2) is 0 Å². The van der Waals surface area contributed by atoms with Gasteiger partial charge in [-0.15, -0.1) is 0 Å². The van der Waals surface area contributed by atoms with Gasteiger partial charge in [0.05, 0.1) is 25.5 Å². The van der Waals surface area contributed by atoms with E-state index in [4.69, 9.17) is 15.2 Å². The molecule has 2 aromatic carbocycles. The number of alkyl halides is 3. The lowest BCUT2D eigenvalue weighted by Crippen LogP contribution is -2.33. The van der Waals surface area contributed by atoms with E-state index in [1.807, 2.05) is 0 Å². The van der Waals surface area contributed by atoms with Crippen molar-refractivity contribution in [2.45, 2.75) is 31.2 Å². The van der Waals surface area contributed by atoms with Crippen LogP contribution >= 0.6 is 0 Å². The zero-order valence-corrected chi connectivity index (χ0v) is 16.4. The van der Waals surface area contributed by atoms with E-state index in [1.165, 1.54) is 25.3 Å². The quantitative estimate of drug-likeness (QED) is 0.665. The molecule has 9 heteroatoms. The topological polar surface area (TPSA) is 82.8 Å². The molecule has 162 valence electrons. The van der Waals surface area contributed by atoms with E-state index < -0.39 is 23.8 Å². The number of methoxy groups -OCH3 is 1. The molecule has 1 fully saturated rings. The average molecular weight is 424 g/mol. The maximum absolute atomic E-state index is 13.6. The summed E-state index contributed by atoms with van der Waals surface area (Å²) in [7, 11) is 1.25. The fraction of sp³-hybridized carbons (Fsp3) is 0.381. The third kappa shape index (κ3) is 5.71. The molecule has 1 aliphatic heterocycles. The number of carbonyl (C=O) groups excluding carboxylic acids is 1. The summed E-state index contributed by atoms with van der Waals surface area (Å²) in [6.45, 7) is 1.00. The monoisotopic (exact) mass is 424 g/mol. The first-order valence-corrected chi connectivity index (χ1v) is 9.39. The molecule has 2 aromatic rings. The Kier molecular flexibility index (Phi) is 6.96. The van der Waals surface area contributed by atoms with Crippen molar-refractivity contribution in [1.29, 1.82) is 0 Å². The standard InChI is InChI=1S/C21H23F3N2O4/c1-28-20(27)18(25)10-13-2-5-15(6-3-13)30-19-7-4-14(8-16-11-26-12-29-16)9-17(19)21(22,23)24/h2-7,9,16,18,26H,8,10-12,25H2,1H3. The Morgan fingerprint density at radius 3 is 2.53 bits per heavy atom. The van der Waals surface area contributed by atoms with Gasteiger partial charge in [-0.2, -0.15) is 13.2 Å². The summed E-state index contributed by atoms with van der Waals surface area (Å²) in [6.07, 6.45) is -4.09. The zero-order chi connectivity index (χ0) is 21.7. The van der Waals surface area contributed by atoms with E-state index in [0.29, 0.717) is 25.3 Å². The van der Waals surface area contributed by atoms with Crippen molar-refractivity contribution in [3.8, 4) is 11.5 Å². The number of ether oxygens (including phenoxy) is 3. The van der Waals surface area contributed by atoms with Crippen LogP contribution in [0.25, 0.3) is 0 Å². The smallest absolute Gasteiger partial charge is 0.419 e. The predicted octanol–water partition coefficient (Wildman–Crippen LogP) is 3.03. The summed E-state index contributed by atoms with van der Waals surface area (Å²) in [5.74, 6) is -0.577. The average Bonchev–Trinajstić information content (AvgIpc) is 3.22. The number of hydrogen-bond donors (Lipinski definition) is 2. The van der Waals surface area contributed by atoms with Gasteiger partial charge in [-0.25, -0.2) is 0 Å². The number of esters is 1. The Hall–Kier alpha value is -2.62. The Morgan fingerprint density at radius 2 is 1.93 bits per heavy atom. The summed E-state index contributed by atoms with van der Waals surface area (Å²) in [5, 5.41) is 3.00. The molecule has 0 bridgehead atoms. The minimum atomic E-state index is -4.56. The van der Waals surface area contributed by atoms with Crippen molar-refractivity contribution < 1.29 is 32.2 Å². The van der Waals surface area contributed by atoms with Gasteiger partial charge in [0.1, 0.15) is 17.5 Å². The molecular weight excluding hydrogens is 401 g/mol. The van der Waals surface area contributed by atoms with Gasteiger partial charge < -0.3 is 19.9 Å². The van der Waals surface area contributed by atoms with Crippen LogP contribution in [0.2, 0.25) is 0 Å². The fourth-order valence-electron chi connectivity index (χ4n) is 3.17. The molecule has 1 saturated heterocycles.